The lowest BCUT2D eigenvalue weighted by Gasteiger charge is -2.10. The highest BCUT2D eigenvalue weighted by atomic mass is 16.6. The molecule has 4 aromatic carbocycles. The van der Waals surface area contributed by atoms with Gasteiger partial charge in [0.15, 0.2) is 0 Å². The minimum atomic E-state index is -0.879. The molecule has 13 heteroatoms. The Hall–Kier alpha value is -6.76. The van der Waals surface area contributed by atoms with Crippen molar-refractivity contribution in [2.24, 2.45) is 7.05 Å². The maximum atomic E-state index is 13.2. The number of rotatable bonds is 16. The predicted molar refractivity (Wildman–Crippen MR) is 189 cm³/mol. The van der Waals surface area contributed by atoms with Gasteiger partial charge in [0.05, 0.1) is 37.6 Å². The smallest absolute Gasteiger partial charge is 0.343 e. The Morgan fingerprint density at radius 1 is 0.596 bits per heavy atom. The van der Waals surface area contributed by atoms with Crippen LogP contribution in [-0.4, -0.2) is 65.1 Å². The van der Waals surface area contributed by atoms with Crippen molar-refractivity contribution in [1.29, 1.82) is 0 Å². The van der Waals surface area contributed by atoms with E-state index >= 15 is 0 Å². The molecule has 52 heavy (non-hydrogen) atoms. The van der Waals surface area contributed by atoms with E-state index < -0.39 is 47.1 Å². The maximum Gasteiger partial charge on any atom is 0.343 e. The number of nitrogens with zero attached hydrogens (tertiary/aromatic N) is 1. The van der Waals surface area contributed by atoms with E-state index in [1.807, 2.05) is 0 Å². The standard InChI is InChI=1S/C39H35NO12/c1-4-32(41)49-18-6-16-47-30-14-12-24-20-28(10-8-26(24)22-30)38(45)51-34-35(37(44)40(3)36(34)43)52-39(46)29-11-9-27-23-31(15-13-25(27)21-29)48-17-7-19-50-33(42)5-2/h4-5,8-15,20-23,43-44H,1-2,6-7,16-19H2,3H3. The number of benzene rings is 4. The lowest BCUT2D eigenvalue weighted by atomic mass is 10.1. The highest BCUT2D eigenvalue weighted by molar-refractivity contribution is 5.99. The molecule has 13 nitrogen and oxygen atoms in total. The quantitative estimate of drug-likeness (QED) is 0.0679. The molecule has 2 N–H and O–H groups in total. The zero-order valence-electron chi connectivity index (χ0n) is 28.2. The molecule has 5 rings (SSSR count). The van der Waals surface area contributed by atoms with Crippen LogP contribution in [0.4, 0.5) is 0 Å². The summed E-state index contributed by atoms with van der Waals surface area (Å²) in [5.74, 6) is -3.95. The Balaban J connectivity index is 1.23. The van der Waals surface area contributed by atoms with Crippen LogP contribution in [0.2, 0.25) is 0 Å². The highest BCUT2D eigenvalue weighted by Crippen LogP contribution is 2.47. The second kappa shape index (κ2) is 16.8. The molecule has 0 aliphatic rings. The molecule has 0 aliphatic carbocycles. The fourth-order valence-electron chi connectivity index (χ4n) is 4.94. The summed E-state index contributed by atoms with van der Waals surface area (Å²) < 4.78 is 33.1. The average Bonchev–Trinajstić information content (AvgIpc) is 3.35. The van der Waals surface area contributed by atoms with Gasteiger partial charge in [0, 0.05) is 32.0 Å². The number of aromatic hydroxyl groups is 2. The summed E-state index contributed by atoms with van der Waals surface area (Å²) in [5.41, 5.74) is 0.249. The molecule has 0 aliphatic heterocycles. The summed E-state index contributed by atoms with van der Waals surface area (Å²) in [5, 5.41) is 24.3. The summed E-state index contributed by atoms with van der Waals surface area (Å²) in [6.45, 7) is 7.71. The lowest BCUT2D eigenvalue weighted by molar-refractivity contribution is -0.138. The Labute approximate surface area is 297 Å². The van der Waals surface area contributed by atoms with Gasteiger partial charge in [0.1, 0.15) is 11.5 Å². The molecule has 0 spiro atoms. The third-order valence-electron chi connectivity index (χ3n) is 7.67. The molecule has 0 radical (unpaired) electrons. The molecule has 1 heterocycles. The summed E-state index contributed by atoms with van der Waals surface area (Å²) in [6, 6.07) is 20.1. The molecular formula is C39H35NO12. The van der Waals surface area contributed by atoms with E-state index in [4.69, 9.17) is 28.4 Å². The van der Waals surface area contributed by atoms with Crippen LogP contribution in [0, 0.1) is 0 Å². The van der Waals surface area contributed by atoms with Crippen LogP contribution < -0.4 is 18.9 Å². The molecule has 0 atom stereocenters. The number of aromatic nitrogens is 1. The van der Waals surface area contributed by atoms with E-state index in [1.54, 1.807) is 60.7 Å². The normalized spacial score (nSPS) is 10.7. The van der Waals surface area contributed by atoms with E-state index in [1.165, 1.54) is 19.2 Å². The first-order valence-electron chi connectivity index (χ1n) is 16.0. The number of fused-ring (bicyclic) bond motifs is 2. The van der Waals surface area contributed by atoms with Gasteiger partial charge in [-0.3, -0.25) is 4.57 Å². The van der Waals surface area contributed by atoms with E-state index in [0.717, 1.165) is 27.5 Å². The minimum absolute atomic E-state index is 0.124. The van der Waals surface area contributed by atoms with Gasteiger partial charge in [0.25, 0.3) is 0 Å². The molecule has 0 saturated carbocycles. The summed E-state index contributed by atoms with van der Waals surface area (Å²) >= 11 is 0. The lowest BCUT2D eigenvalue weighted by Crippen LogP contribution is -2.12. The van der Waals surface area contributed by atoms with Gasteiger partial charge in [-0.25, -0.2) is 19.2 Å². The number of carbonyl (C=O) groups excluding carboxylic acids is 4. The van der Waals surface area contributed by atoms with Crippen molar-refractivity contribution in [1.82, 2.24) is 4.57 Å². The number of ether oxygens (including phenoxy) is 6. The fraction of sp³-hybridized carbons (Fsp3) is 0.179. The van der Waals surface area contributed by atoms with Gasteiger partial charge in [-0.1, -0.05) is 37.4 Å². The number of esters is 4. The van der Waals surface area contributed by atoms with Crippen molar-refractivity contribution in [2.75, 3.05) is 26.4 Å². The second-order valence-electron chi connectivity index (χ2n) is 11.2. The van der Waals surface area contributed by atoms with Gasteiger partial charge in [-0.2, -0.15) is 0 Å². The molecule has 268 valence electrons. The molecule has 0 bridgehead atoms. The third-order valence-corrected chi connectivity index (χ3v) is 7.67. The van der Waals surface area contributed by atoms with Crippen LogP contribution in [0.15, 0.2) is 98.1 Å². The van der Waals surface area contributed by atoms with Gasteiger partial charge in [-0.15, -0.1) is 0 Å². The third kappa shape index (κ3) is 8.87. The summed E-state index contributed by atoms with van der Waals surface area (Å²) in [4.78, 5) is 48.7. The predicted octanol–water partition coefficient (Wildman–Crippen LogP) is 6.18. The zero-order valence-corrected chi connectivity index (χ0v) is 28.2. The van der Waals surface area contributed by atoms with Gasteiger partial charge in [-0.05, 0) is 70.1 Å². The van der Waals surface area contributed by atoms with Crippen molar-refractivity contribution in [3.8, 4) is 34.8 Å². The Bertz CT molecular complexity index is 2020. The van der Waals surface area contributed by atoms with Crippen LogP contribution in [0.3, 0.4) is 0 Å². The van der Waals surface area contributed by atoms with E-state index in [2.05, 4.69) is 13.2 Å². The first-order chi connectivity index (χ1) is 25.1. The maximum absolute atomic E-state index is 13.2. The highest BCUT2D eigenvalue weighted by Gasteiger charge is 2.29. The summed E-state index contributed by atoms with van der Waals surface area (Å²) in [6.07, 6.45) is 3.16. The summed E-state index contributed by atoms with van der Waals surface area (Å²) in [7, 11) is 1.30. The zero-order chi connectivity index (χ0) is 37.2. The van der Waals surface area contributed by atoms with Crippen molar-refractivity contribution in [3.05, 3.63) is 109 Å². The Morgan fingerprint density at radius 2 is 0.981 bits per heavy atom. The topological polar surface area (TPSA) is 169 Å². The van der Waals surface area contributed by atoms with E-state index in [-0.39, 0.29) is 24.3 Å². The average molecular weight is 710 g/mol. The van der Waals surface area contributed by atoms with E-state index in [0.29, 0.717) is 48.3 Å². The second-order valence-corrected chi connectivity index (χ2v) is 11.2. The van der Waals surface area contributed by atoms with Crippen LogP contribution in [0.5, 0.6) is 34.8 Å². The van der Waals surface area contributed by atoms with Crippen molar-refractivity contribution in [2.45, 2.75) is 12.8 Å². The van der Waals surface area contributed by atoms with E-state index in [9.17, 15) is 29.4 Å². The first kappa shape index (κ1) is 36.5. The molecule has 0 amide bonds. The Morgan fingerprint density at radius 3 is 1.38 bits per heavy atom. The van der Waals surface area contributed by atoms with Crippen molar-refractivity contribution >= 4 is 45.4 Å². The monoisotopic (exact) mass is 709 g/mol. The molecule has 1 aromatic heterocycles. The molecule has 0 saturated heterocycles. The molecule has 0 unspecified atom stereocenters. The van der Waals surface area contributed by atoms with Crippen molar-refractivity contribution in [3.63, 3.8) is 0 Å². The SMILES string of the molecule is C=CC(=O)OCCCOc1ccc2cc(C(=O)Oc3c(OC(=O)c4ccc5cc(OCCCOC(=O)C=C)ccc5c4)c(O)n(C)c3O)ccc2c1. The van der Waals surface area contributed by atoms with Crippen molar-refractivity contribution < 1.29 is 57.8 Å². The number of hydrogen-bond donors (Lipinski definition) is 2. The van der Waals surface area contributed by atoms with Crippen LogP contribution in [0.1, 0.15) is 33.6 Å². The largest absolute Gasteiger partial charge is 0.493 e. The molecular weight excluding hydrogens is 674 g/mol. The first-order valence-corrected chi connectivity index (χ1v) is 16.0. The molecule has 0 fully saturated rings. The van der Waals surface area contributed by atoms with Crippen LogP contribution in [0.25, 0.3) is 21.5 Å². The van der Waals surface area contributed by atoms with Crippen LogP contribution >= 0.6 is 0 Å². The molecule has 5 aromatic rings. The number of carbonyl (C=O) groups is 4. The van der Waals surface area contributed by atoms with Crippen LogP contribution in [-0.2, 0) is 26.1 Å². The minimum Gasteiger partial charge on any atom is -0.493 e. The Kier molecular flexibility index (Phi) is 11.8. The van der Waals surface area contributed by atoms with Gasteiger partial charge in [0.2, 0.25) is 23.3 Å². The fourth-order valence-corrected chi connectivity index (χ4v) is 4.94. The van der Waals surface area contributed by atoms with Gasteiger partial charge < -0.3 is 38.6 Å². The van der Waals surface area contributed by atoms with Gasteiger partial charge >= 0.3 is 23.9 Å². The number of hydrogen-bond acceptors (Lipinski definition) is 12.